The van der Waals surface area contributed by atoms with Gasteiger partial charge in [-0.3, -0.25) is 14.4 Å². The van der Waals surface area contributed by atoms with Crippen molar-refractivity contribution >= 4 is 48.1 Å². The molecular weight excluding hydrogens is 472 g/mol. The number of thioether (sulfide) groups is 1. The van der Waals surface area contributed by atoms with E-state index in [0.717, 1.165) is 5.56 Å². The number of nitrogens with two attached hydrogens (primary N) is 1. The van der Waals surface area contributed by atoms with Crippen molar-refractivity contribution in [2.24, 2.45) is 5.73 Å². The highest BCUT2D eigenvalue weighted by Crippen LogP contribution is 2.11. The number of aliphatic hydroxyl groups is 1. The van der Waals surface area contributed by atoms with Crippen LogP contribution in [0.15, 0.2) is 24.3 Å². The summed E-state index contributed by atoms with van der Waals surface area (Å²) in [6.45, 7) is -0.778. The number of carbonyl (C=O) groups is 4. The van der Waals surface area contributed by atoms with Gasteiger partial charge in [0.05, 0.1) is 12.6 Å². The summed E-state index contributed by atoms with van der Waals surface area (Å²) in [7, 11) is 0. The van der Waals surface area contributed by atoms with Gasteiger partial charge in [0.25, 0.3) is 0 Å². The average Bonchev–Trinajstić information content (AvgIpc) is 2.79. The van der Waals surface area contributed by atoms with E-state index in [4.69, 9.17) is 10.8 Å². The number of aliphatic hydroxyl groups excluding tert-OH is 1. The molecule has 0 spiro atoms. The van der Waals surface area contributed by atoms with Crippen LogP contribution in [0.1, 0.15) is 12.0 Å². The lowest BCUT2D eigenvalue weighted by Gasteiger charge is -2.24. The van der Waals surface area contributed by atoms with Crippen LogP contribution in [0.5, 0.6) is 5.75 Å². The van der Waals surface area contributed by atoms with Gasteiger partial charge in [0.15, 0.2) is 0 Å². The fraction of sp³-hybridized carbons (Fsp3) is 0.500. The van der Waals surface area contributed by atoms with E-state index >= 15 is 0 Å². The minimum absolute atomic E-state index is 0.0806. The summed E-state index contributed by atoms with van der Waals surface area (Å²) in [6, 6.07) is 1.48. The molecule has 1 aromatic rings. The zero-order valence-corrected chi connectivity index (χ0v) is 19.8. The number of phenols is 1. The van der Waals surface area contributed by atoms with Gasteiger partial charge >= 0.3 is 5.97 Å². The van der Waals surface area contributed by atoms with Crippen molar-refractivity contribution in [2.45, 2.75) is 37.0 Å². The summed E-state index contributed by atoms with van der Waals surface area (Å²) in [4.78, 5) is 48.6. The normalized spacial score (nSPS) is 14.4. The van der Waals surface area contributed by atoms with Gasteiger partial charge in [-0.15, -0.1) is 0 Å². The topological polar surface area (TPSA) is 191 Å². The molecule has 8 N–H and O–H groups in total. The third-order valence-corrected chi connectivity index (χ3v) is 5.59. The molecule has 3 amide bonds. The quantitative estimate of drug-likeness (QED) is 0.140. The zero-order valence-electron chi connectivity index (χ0n) is 18.1. The number of nitrogens with one attached hydrogen (secondary N) is 3. The van der Waals surface area contributed by atoms with Crippen molar-refractivity contribution in [3.63, 3.8) is 0 Å². The Morgan fingerprint density at radius 3 is 2.06 bits per heavy atom. The summed E-state index contributed by atoms with van der Waals surface area (Å²) in [6.07, 6.45) is 2.23. The Labute approximate surface area is 201 Å². The van der Waals surface area contributed by atoms with E-state index in [2.05, 4.69) is 28.6 Å². The van der Waals surface area contributed by atoms with E-state index in [1.54, 1.807) is 12.1 Å². The molecule has 0 aliphatic rings. The fourth-order valence-corrected chi connectivity index (χ4v) is 3.41. The second-order valence-electron chi connectivity index (χ2n) is 7.15. The number of carbonyl (C=O) groups excluding carboxylic acids is 3. The number of phenolic OH excluding ortho intramolecular Hbond substituents is 1. The molecule has 0 saturated carbocycles. The minimum atomic E-state index is -1.42. The predicted molar refractivity (Wildman–Crippen MR) is 127 cm³/mol. The lowest BCUT2D eigenvalue weighted by Crippen LogP contribution is -2.58. The van der Waals surface area contributed by atoms with Crippen LogP contribution in [0, 0.1) is 0 Å². The lowest BCUT2D eigenvalue weighted by atomic mass is 10.0. The van der Waals surface area contributed by atoms with E-state index in [-0.39, 0.29) is 24.3 Å². The van der Waals surface area contributed by atoms with Crippen molar-refractivity contribution < 1.29 is 34.5 Å². The monoisotopic (exact) mass is 502 g/mol. The van der Waals surface area contributed by atoms with Crippen LogP contribution in [0.2, 0.25) is 0 Å². The summed E-state index contributed by atoms with van der Waals surface area (Å²) >= 11 is 5.29. The smallest absolute Gasteiger partial charge is 0.327 e. The highest BCUT2D eigenvalue weighted by molar-refractivity contribution is 7.98. The Kier molecular flexibility index (Phi) is 12.7. The first-order valence-electron chi connectivity index (χ1n) is 10.0. The highest BCUT2D eigenvalue weighted by atomic mass is 32.2. The third kappa shape index (κ3) is 9.90. The summed E-state index contributed by atoms with van der Waals surface area (Å²) < 4.78 is 0. The van der Waals surface area contributed by atoms with Gasteiger partial charge < -0.3 is 37.0 Å². The molecular formula is C20H30N4O7S2. The zero-order chi connectivity index (χ0) is 25.0. The fourth-order valence-electron chi connectivity index (χ4n) is 2.69. The van der Waals surface area contributed by atoms with Crippen LogP contribution in [0.4, 0.5) is 0 Å². The second kappa shape index (κ2) is 14.6. The minimum Gasteiger partial charge on any atom is -0.508 e. The Bertz CT molecular complexity index is 810. The Balaban J connectivity index is 2.80. The first-order chi connectivity index (χ1) is 15.6. The molecule has 13 heteroatoms. The van der Waals surface area contributed by atoms with Gasteiger partial charge in [0, 0.05) is 5.75 Å². The van der Waals surface area contributed by atoms with Crippen molar-refractivity contribution in [3.8, 4) is 5.75 Å². The molecule has 0 heterocycles. The molecule has 4 atom stereocenters. The van der Waals surface area contributed by atoms with Gasteiger partial charge in [0.1, 0.15) is 23.9 Å². The molecule has 0 bridgehead atoms. The molecule has 0 aliphatic carbocycles. The molecule has 1 aromatic carbocycles. The van der Waals surface area contributed by atoms with Crippen LogP contribution in [0.25, 0.3) is 0 Å². The van der Waals surface area contributed by atoms with Crippen LogP contribution in [0.3, 0.4) is 0 Å². The van der Waals surface area contributed by atoms with E-state index in [9.17, 15) is 29.4 Å². The maximum Gasteiger partial charge on any atom is 0.327 e. The van der Waals surface area contributed by atoms with Gasteiger partial charge in [-0.1, -0.05) is 12.1 Å². The number of aliphatic carboxylic acids is 1. The maximum atomic E-state index is 12.7. The Hall–Kier alpha value is -2.48. The first-order valence-corrected chi connectivity index (χ1v) is 12.0. The number of hydrogen-bond donors (Lipinski definition) is 8. The number of thiol groups is 1. The molecule has 0 fully saturated rings. The third-order valence-electron chi connectivity index (χ3n) is 4.59. The van der Waals surface area contributed by atoms with Gasteiger partial charge in [-0.2, -0.15) is 24.4 Å². The standard InChI is InChI=1S/C20H30N4O7S2/c1-33-7-6-14(22-17(27)13(21)8-11-2-4-12(26)5-3-11)18(28)23-15(9-25)19(29)24-16(10-32)20(30)31/h2-5,13-16,25-26,32H,6-10,21H2,1H3,(H,22,27)(H,23,28)(H,24,29)(H,30,31). The van der Waals surface area contributed by atoms with E-state index < -0.39 is 54.5 Å². The number of carboxylic acid groups (broad SMARTS) is 1. The van der Waals surface area contributed by atoms with Crippen LogP contribution in [-0.4, -0.2) is 87.5 Å². The van der Waals surface area contributed by atoms with Crippen molar-refractivity contribution in [1.29, 1.82) is 0 Å². The van der Waals surface area contributed by atoms with E-state index in [1.807, 2.05) is 6.26 Å². The second-order valence-corrected chi connectivity index (χ2v) is 8.50. The predicted octanol–water partition coefficient (Wildman–Crippen LogP) is -1.52. The molecule has 11 nitrogen and oxygen atoms in total. The van der Waals surface area contributed by atoms with E-state index in [0.29, 0.717) is 5.75 Å². The number of aromatic hydroxyl groups is 1. The molecule has 4 unspecified atom stereocenters. The molecule has 0 aliphatic heterocycles. The number of carboxylic acids is 1. The Morgan fingerprint density at radius 1 is 1.00 bits per heavy atom. The van der Waals surface area contributed by atoms with Crippen LogP contribution < -0.4 is 21.7 Å². The lowest BCUT2D eigenvalue weighted by molar-refractivity contribution is -0.142. The van der Waals surface area contributed by atoms with Gasteiger partial charge in [-0.05, 0) is 42.5 Å². The number of amides is 3. The number of hydrogen-bond acceptors (Lipinski definition) is 9. The van der Waals surface area contributed by atoms with E-state index in [1.165, 1.54) is 23.9 Å². The molecule has 1 rings (SSSR count). The van der Waals surface area contributed by atoms with Gasteiger partial charge in [-0.25, -0.2) is 4.79 Å². The largest absolute Gasteiger partial charge is 0.508 e. The van der Waals surface area contributed by atoms with Crippen molar-refractivity contribution in [3.05, 3.63) is 29.8 Å². The molecule has 184 valence electrons. The molecule has 0 aromatic heterocycles. The van der Waals surface area contributed by atoms with Crippen molar-refractivity contribution in [2.75, 3.05) is 24.4 Å². The summed E-state index contributed by atoms with van der Waals surface area (Å²) in [5.41, 5.74) is 6.68. The summed E-state index contributed by atoms with van der Waals surface area (Å²) in [5, 5.41) is 35.0. The Morgan fingerprint density at radius 2 is 1.55 bits per heavy atom. The van der Waals surface area contributed by atoms with Crippen LogP contribution in [-0.2, 0) is 25.6 Å². The first kappa shape index (κ1) is 28.6. The maximum absolute atomic E-state index is 12.7. The summed E-state index contributed by atoms with van der Waals surface area (Å²) in [5.74, 6) is -3.10. The number of benzene rings is 1. The molecule has 0 saturated heterocycles. The average molecular weight is 503 g/mol. The van der Waals surface area contributed by atoms with Gasteiger partial charge in [0.2, 0.25) is 17.7 Å². The highest BCUT2D eigenvalue weighted by Gasteiger charge is 2.29. The number of rotatable bonds is 14. The SMILES string of the molecule is CSCCC(NC(=O)C(N)Cc1ccc(O)cc1)C(=O)NC(CO)C(=O)NC(CS)C(=O)O. The molecule has 33 heavy (non-hydrogen) atoms. The molecule has 0 radical (unpaired) electrons. The van der Waals surface area contributed by atoms with Crippen molar-refractivity contribution in [1.82, 2.24) is 16.0 Å². The van der Waals surface area contributed by atoms with Crippen LogP contribution >= 0.6 is 24.4 Å².